The third-order valence-electron chi connectivity index (χ3n) is 5.06. The van der Waals surface area contributed by atoms with E-state index in [4.69, 9.17) is 0 Å². The van der Waals surface area contributed by atoms with Crippen LogP contribution >= 0.6 is 0 Å². The number of phenolic OH excluding ortho intramolecular Hbond substituents is 2. The zero-order chi connectivity index (χ0) is 22.8. The molecule has 1 heterocycles. The molecule has 0 radical (unpaired) electrons. The summed E-state index contributed by atoms with van der Waals surface area (Å²) in [6.07, 6.45) is 0.842. The predicted molar refractivity (Wildman–Crippen MR) is 121 cm³/mol. The molecule has 4 aromatic rings. The van der Waals surface area contributed by atoms with Crippen LogP contribution < -0.4 is 0 Å². The average molecular weight is 429 g/mol. The minimum Gasteiger partial charge on any atom is -0.507 e. The SMILES string of the molecule is CC(C)Cc1ccc(-c2nc(-c3ccccc3O)n(-c3ccc(C(=O)O)cc3)n2)c(O)c1. The molecule has 0 amide bonds. The van der Waals surface area contributed by atoms with Crippen molar-refractivity contribution >= 4 is 5.97 Å². The second-order valence-corrected chi connectivity index (χ2v) is 7.99. The summed E-state index contributed by atoms with van der Waals surface area (Å²) < 4.78 is 1.53. The van der Waals surface area contributed by atoms with Crippen molar-refractivity contribution < 1.29 is 20.1 Å². The first kappa shape index (κ1) is 21.1. The van der Waals surface area contributed by atoms with Crippen LogP contribution in [0, 0.1) is 5.92 Å². The number of phenols is 2. The molecule has 0 aliphatic rings. The van der Waals surface area contributed by atoms with E-state index in [9.17, 15) is 20.1 Å². The van der Waals surface area contributed by atoms with Crippen LogP contribution in [0.3, 0.4) is 0 Å². The summed E-state index contributed by atoms with van der Waals surface area (Å²) in [5.74, 6) is 0.199. The van der Waals surface area contributed by atoms with Gasteiger partial charge in [0, 0.05) is 0 Å². The number of hydrogen-bond acceptors (Lipinski definition) is 5. The highest BCUT2D eigenvalue weighted by atomic mass is 16.4. The molecule has 4 rings (SSSR count). The molecule has 32 heavy (non-hydrogen) atoms. The van der Waals surface area contributed by atoms with Crippen LogP contribution in [-0.4, -0.2) is 36.1 Å². The number of aromatic carboxylic acids is 1. The summed E-state index contributed by atoms with van der Waals surface area (Å²) in [5, 5.41) is 34.8. The van der Waals surface area contributed by atoms with Gasteiger partial charge in [-0.1, -0.05) is 32.0 Å². The zero-order valence-corrected chi connectivity index (χ0v) is 17.7. The highest BCUT2D eigenvalue weighted by Gasteiger charge is 2.19. The van der Waals surface area contributed by atoms with Crippen LogP contribution in [0.5, 0.6) is 11.5 Å². The number of para-hydroxylation sites is 1. The van der Waals surface area contributed by atoms with E-state index >= 15 is 0 Å². The lowest BCUT2D eigenvalue weighted by molar-refractivity contribution is 0.0697. The van der Waals surface area contributed by atoms with Crippen LogP contribution in [0.2, 0.25) is 0 Å². The van der Waals surface area contributed by atoms with E-state index in [1.54, 1.807) is 48.5 Å². The van der Waals surface area contributed by atoms with Crippen molar-refractivity contribution in [1.82, 2.24) is 14.8 Å². The van der Waals surface area contributed by atoms with Crippen molar-refractivity contribution in [2.45, 2.75) is 20.3 Å². The molecule has 7 heteroatoms. The Kier molecular flexibility index (Phi) is 5.64. The van der Waals surface area contributed by atoms with Crippen LogP contribution in [0.4, 0.5) is 0 Å². The van der Waals surface area contributed by atoms with E-state index in [0.29, 0.717) is 34.4 Å². The third kappa shape index (κ3) is 4.18. The largest absolute Gasteiger partial charge is 0.507 e. The monoisotopic (exact) mass is 429 g/mol. The van der Waals surface area contributed by atoms with Crippen molar-refractivity contribution in [3.8, 4) is 40.0 Å². The van der Waals surface area contributed by atoms with E-state index in [2.05, 4.69) is 23.9 Å². The highest BCUT2D eigenvalue weighted by molar-refractivity contribution is 5.87. The van der Waals surface area contributed by atoms with Gasteiger partial charge in [-0.2, -0.15) is 0 Å². The molecule has 0 bridgehead atoms. The molecular formula is C25H23N3O4. The lowest BCUT2D eigenvalue weighted by Gasteiger charge is -2.08. The van der Waals surface area contributed by atoms with E-state index in [1.807, 2.05) is 6.07 Å². The van der Waals surface area contributed by atoms with Gasteiger partial charge in [-0.3, -0.25) is 0 Å². The molecule has 0 spiro atoms. The smallest absolute Gasteiger partial charge is 0.335 e. The maximum atomic E-state index is 11.2. The van der Waals surface area contributed by atoms with E-state index in [-0.39, 0.29) is 17.1 Å². The molecule has 0 atom stereocenters. The minimum atomic E-state index is -1.02. The van der Waals surface area contributed by atoms with E-state index < -0.39 is 5.97 Å². The third-order valence-corrected chi connectivity index (χ3v) is 5.06. The fourth-order valence-corrected chi connectivity index (χ4v) is 3.55. The Morgan fingerprint density at radius 2 is 1.66 bits per heavy atom. The average Bonchev–Trinajstić information content (AvgIpc) is 3.18. The van der Waals surface area contributed by atoms with E-state index in [0.717, 1.165) is 12.0 Å². The quantitative estimate of drug-likeness (QED) is 0.402. The number of aromatic hydroxyl groups is 2. The number of carboxylic acids is 1. The van der Waals surface area contributed by atoms with Crippen molar-refractivity contribution in [2.75, 3.05) is 0 Å². The Labute approximate surface area is 185 Å². The molecule has 0 saturated carbocycles. The van der Waals surface area contributed by atoms with Gasteiger partial charge in [-0.25, -0.2) is 14.5 Å². The van der Waals surface area contributed by atoms with Gasteiger partial charge in [0.2, 0.25) is 0 Å². The number of carboxylic acid groups (broad SMARTS) is 1. The molecule has 0 fully saturated rings. The first-order chi connectivity index (χ1) is 15.3. The van der Waals surface area contributed by atoms with Crippen molar-refractivity contribution in [1.29, 1.82) is 0 Å². The highest BCUT2D eigenvalue weighted by Crippen LogP contribution is 2.34. The first-order valence-electron chi connectivity index (χ1n) is 10.2. The molecule has 0 saturated heterocycles. The Morgan fingerprint density at radius 3 is 2.28 bits per heavy atom. The Hall–Kier alpha value is -4.13. The summed E-state index contributed by atoms with van der Waals surface area (Å²) in [4.78, 5) is 15.8. The maximum Gasteiger partial charge on any atom is 0.335 e. The van der Waals surface area contributed by atoms with Gasteiger partial charge >= 0.3 is 5.97 Å². The minimum absolute atomic E-state index is 0.0337. The van der Waals surface area contributed by atoms with Crippen LogP contribution in [0.25, 0.3) is 28.5 Å². The summed E-state index contributed by atoms with van der Waals surface area (Å²) in [7, 11) is 0. The Morgan fingerprint density at radius 1 is 0.938 bits per heavy atom. The summed E-state index contributed by atoms with van der Waals surface area (Å²) in [6.45, 7) is 4.23. The summed E-state index contributed by atoms with van der Waals surface area (Å²) in [5.41, 5.74) is 2.67. The number of hydrogen-bond donors (Lipinski definition) is 3. The normalized spacial score (nSPS) is 11.1. The summed E-state index contributed by atoms with van der Waals surface area (Å²) in [6, 6.07) is 18.4. The number of rotatable bonds is 6. The molecule has 0 aliphatic carbocycles. The van der Waals surface area contributed by atoms with Gasteiger partial charge < -0.3 is 15.3 Å². The van der Waals surface area contributed by atoms with Crippen molar-refractivity contribution in [2.24, 2.45) is 5.92 Å². The van der Waals surface area contributed by atoms with Crippen LogP contribution in [0.1, 0.15) is 29.8 Å². The number of carbonyl (C=O) groups is 1. The van der Waals surface area contributed by atoms with Crippen LogP contribution in [0.15, 0.2) is 66.7 Å². The Balaban J connectivity index is 1.85. The lowest BCUT2D eigenvalue weighted by Crippen LogP contribution is -2.02. The van der Waals surface area contributed by atoms with Gasteiger partial charge in [-0.15, -0.1) is 5.10 Å². The summed E-state index contributed by atoms with van der Waals surface area (Å²) >= 11 is 0. The fourth-order valence-electron chi connectivity index (χ4n) is 3.55. The molecule has 3 N–H and O–H groups in total. The Bertz CT molecular complexity index is 1280. The standard InChI is InChI=1S/C25H23N3O4/c1-15(2)13-16-7-12-19(22(30)14-16)23-26-24(20-5-3-4-6-21(20)29)28(27-23)18-10-8-17(9-11-18)25(31)32/h3-12,14-15,29-30H,13H2,1-2H3,(H,31,32). The lowest BCUT2D eigenvalue weighted by atomic mass is 10.0. The second-order valence-electron chi connectivity index (χ2n) is 7.99. The molecule has 162 valence electrons. The topological polar surface area (TPSA) is 108 Å². The molecule has 1 aromatic heterocycles. The first-order valence-corrected chi connectivity index (χ1v) is 10.2. The van der Waals surface area contributed by atoms with Crippen LogP contribution in [-0.2, 0) is 6.42 Å². The number of nitrogens with zero attached hydrogens (tertiary/aromatic N) is 3. The maximum absolute atomic E-state index is 11.2. The van der Waals surface area contributed by atoms with Crippen molar-refractivity contribution in [3.63, 3.8) is 0 Å². The second kappa shape index (κ2) is 8.55. The van der Waals surface area contributed by atoms with Gasteiger partial charge in [0.05, 0.1) is 22.4 Å². The molecular weight excluding hydrogens is 406 g/mol. The molecule has 3 aromatic carbocycles. The van der Waals surface area contributed by atoms with Gasteiger partial charge in [0.25, 0.3) is 0 Å². The van der Waals surface area contributed by atoms with Gasteiger partial charge in [0.15, 0.2) is 11.6 Å². The van der Waals surface area contributed by atoms with Gasteiger partial charge in [-0.05, 0) is 66.4 Å². The number of aromatic nitrogens is 3. The van der Waals surface area contributed by atoms with E-state index in [1.165, 1.54) is 16.8 Å². The number of benzene rings is 3. The molecule has 0 aliphatic heterocycles. The molecule has 7 nitrogen and oxygen atoms in total. The fraction of sp³-hybridized carbons (Fsp3) is 0.160. The van der Waals surface area contributed by atoms with Gasteiger partial charge in [0.1, 0.15) is 11.5 Å². The molecule has 0 unspecified atom stereocenters. The predicted octanol–water partition coefficient (Wildman–Crippen LogP) is 4.91. The zero-order valence-electron chi connectivity index (χ0n) is 17.7. The van der Waals surface area contributed by atoms with Crippen molar-refractivity contribution in [3.05, 3.63) is 77.9 Å².